The Morgan fingerprint density at radius 3 is 2.17 bits per heavy atom. The molecule has 2 saturated carbocycles. The third kappa shape index (κ3) is 6.04. The fraction of sp³-hybridized carbons (Fsp3) is 0.525. The molecule has 1 amide bonds. The Hall–Kier alpha value is -4.39. The summed E-state index contributed by atoms with van der Waals surface area (Å²) >= 11 is 0. The zero-order chi connectivity index (χ0) is 37.8. The molecule has 6 rings (SSSR count). The average molecular weight is 718 g/mol. The maximum atomic E-state index is 14.7. The molecule has 3 N–H and O–H groups in total. The number of ketones is 1. The second-order valence-electron chi connectivity index (χ2n) is 15.4. The lowest BCUT2D eigenvalue weighted by Gasteiger charge is -2.66. The van der Waals surface area contributed by atoms with E-state index in [1.54, 1.807) is 88.4 Å². The van der Waals surface area contributed by atoms with E-state index in [1.807, 2.05) is 0 Å². The van der Waals surface area contributed by atoms with Gasteiger partial charge in [0.15, 0.2) is 11.7 Å². The Balaban J connectivity index is 1.47. The second-order valence-corrected chi connectivity index (χ2v) is 15.4. The average Bonchev–Trinajstić information content (AvgIpc) is 3.09. The van der Waals surface area contributed by atoms with Crippen molar-refractivity contribution in [3.8, 4) is 0 Å². The first-order valence-corrected chi connectivity index (χ1v) is 17.7. The molecule has 52 heavy (non-hydrogen) atoms. The summed E-state index contributed by atoms with van der Waals surface area (Å²) < 4.78 is 24.4. The third-order valence-corrected chi connectivity index (χ3v) is 12.1. The number of Topliss-reactive ketones (excluding diaryl/α,β-unsaturated/α-hetero) is 1. The molecule has 0 spiro atoms. The van der Waals surface area contributed by atoms with E-state index in [4.69, 9.17) is 18.9 Å². The number of aliphatic hydroxyl groups is 2. The van der Waals surface area contributed by atoms with Crippen LogP contribution in [0.4, 0.5) is 0 Å². The summed E-state index contributed by atoms with van der Waals surface area (Å²) in [5.41, 5.74) is -4.19. The van der Waals surface area contributed by atoms with E-state index < -0.39 is 82.2 Å². The van der Waals surface area contributed by atoms with Gasteiger partial charge in [-0.1, -0.05) is 74.9 Å². The Morgan fingerprint density at radius 2 is 1.60 bits per heavy atom. The molecule has 9 atom stereocenters. The molecule has 2 aromatic rings. The molecule has 3 fully saturated rings. The molecule has 12 nitrogen and oxygen atoms in total. The van der Waals surface area contributed by atoms with E-state index in [9.17, 15) is 34.2 Å². The molecule has 1 unspecified atom stereocenters. The number of amides is 1. The maximum absolute atomic E-state index is 14.7. The van der Waals surface area contributed by atoms with Crippen molar-refractivity contribution in [2.45, 2.75) is 109 Å². The lowest BCUT2D eigenvalue weighted by molar-refractivity contribution is -0.331. The normalized spacial score (nSPS) is 33.0. The molecule has 2 bridgehead atoms. The predicted octanol–water partition coefficient (Wildman–Crippen LogP) is 3.93. The first kappa shape index (κ1) is 37.4. The van der Waals surface area contributed by atoms with Crippen LogP contribution in [0.1, 0.15) is 89.2 Å². The summed E-state index contributed by atoms with van der Waals surface area (Å²) in [6.07, 6.45) is -4.79. The molecule has 0 radical (unpaired) electrons. The number of carbonyl (C=O) groups excluding carboxylic acids is 5. The van der Waals surface area contributed by atoms with Crippen molar-refractivity contribution in [2.24, 2.45) is 16.7 Å². The highest BCUT2D eigenvalue weighted by atomic mass is 16.6. The molecule has 1 heterocycles. The van der Waals surface area contributed by atoms with Gasteiger partial charge in [-0.25, -0.2) is 9.59 Å². The molecule has 12 heteroatoms. The Bertz CT molecular complexity index is 1790. The van der Waals surface area contributed by atoms with Gasteiger partial charge in [0.05, 0.1) is 24.1 Å². The van der Waals surface area contributed by atoms with Gasteiger partial charge in [-0.15, -0.1) is 0 Å². The molecule has 1 saturated heterocycles. The van der Waals surface area contributed by atoms with E-state index in [2.05, 4.69) is 5.32 Å². The van der Waals surface area contributed by atoms with Crippen molar-refractivity contribution in [3.63, 3.8) is 0 Å². The molecule has 3 aliphatic carbocycles. The predicted molar refractivity (Wildman–Crippen MR) is 185 cm³/mol. The largest absolute Gasteiger partial charge is 0.456 e. The number of carbonyl (C=O) groups is 5. The Labute approximate surface area is 302 Å². The number of hydrogen-bond donors (Lipinski definition) is 3. The van der Waals surface area contributed by atoms with E-state index in [1.165, 1.54) is 13.8 Å². The summed E-state index contributed by atoms with van der Waals surface area (Å²) in [4.78, 5) is 67.4. The monoisotopic (exact) mass is 717 g/mol. The lowest BCUT2D eigenvalue weighted by Crippen LogP contribution is -2.78. The number of aliphatic hydroxyl groups excluding tert-OH is 1. The Morgan fingerprint density at radius 1 is 0.962 bits per heavy atom. The fourth-order valence-corrected chi connectivity index (χ4v) is 9.17. The minimum atomic E-state index is -2.02. The molecular weight excluding hydrogens is 670 g/mol. The van der Waals surface area contributed by atoms with Crippen LogP contribution in [0.15, 0.2) is 71.8 Å². The first-order chi connectivity index (χ1) is 24.5. The number of nitrogens with one attached hydrogen (secondary N) is 1. The summed E-state index contributed by atoms with van der Waals surface area (Å²) in [7, 11) is 0. The van der Waals surface area contributed by atoms with E-state index in [0.29, 0.717) is 29.6 Å². The van der Waals surface area contributed by atoms with Gasteiger partial charge in [-0.3, -0.25) is 14.4 Å². The van der Waals surface area contributed by atoms with Gasteiger partial charge in [0.2, 0.25) is 5.91 Å². The van der Waals surface area contributed by atoms with Crippen LogP contribution in [0.25, 0.3) is 0 Å². The van der Waals surface area contributed by atoms with E-state index >= 15 is 0 Å². The number of esters is 3. The van der Waals surface area contributed by atoms with Crippen LogP contribution >= 0.6 is 0 Å². The van der Waals surface area contributed by atoms with Gasteiger partial charge >= 0.3 is 17.9 Å². The second kappa shape index (κ2) is 13.5. The van der Waals surface area contributed by atoms with Crippen LogP contribution in [-0.4, -0.2) is 82.0 Å². The minimum absolute atomic E-state index is 0.0724. The zero-order valence-corrected chi connectivity index (χ0v) is 30.3. The summed E-state index contributed by atoms with van der Waals surface area (Å²) in [5, 5.41) is 27.3. The fourth-order valence-electron chi connectivity index (χ4n) is 9.17. The zero-order valence-electron chi connectivity index (χ0n) is 30.3. The van der Waals surface area contributed by atoms with Crippen molar-refractivity contribution in [3.05, 3.63) is 82.9 Å². The maximum Gasteiger partial charge on any atom is 0.338 e. The van der Waals surface area contributed by atoms with Crippen LogP contribution in [0.5, 0.6) is 0 Å². The number of rotatable bonds is 8. The van der Waals surface area contributed by atoms with Gasteiger partial charge in [-0.05, 0) is 43.0 Å². The molecule has 4 aliphatic rings. The van der Waals surface area contributed by atoms with Crippen molar-refractivity contribution in [1.29, 1.82) is 0 Å². The molecule has 1 aliphatic heterocycles. The van der Waals surface area contributed by atoms with Crippen LogP contribution in [0.2, 0.25) is 0 Å². The van der Waals surface area contributed by atoms with Crippen LogP contribution in [0, 0.1) is 16.7 Å². The summed E-state index contributed by atoms with van der Waals surface area (Å²) in [5.74, 6) is -4.18. The van der Waals surface area contributed by atoms with Gasteiger partial charge in [0.25, 0.3) is 0 Å². The minimum Gasteiger partial charge on any atom is -0.456 e. The van der Waals surface area contributed by atoms with Crippen LogP contribution < -0.4 is 5.32 Å². The molecule has 278 valence electrons. The van der Waals surface area contributed by atoms with Crippen LogP contribution in [-0.2, 0) is 38.1 Å². The highest BCUT2D eigenvalue weighted by Crippen LogP contribution is 2.64. The van der Waals surface area contributed by atoms with E-state index in [0.717, 1.165) is 0 Å². The smallest absolute Gasteiger partial charge is 0.338 e. The van der Waals surface area contributed by atoms with E-state index in [-0.39, 0.29) is 30.8 Å². The Kier molecular flexibility index (Phi) is 9.73. The highest BCUT2D eigenvalue weighted by molar-refractivity contribution is 5.91. The molecule has 2 aromatic carbocycles. The van der Waals surface area contributed by atoms with Gasteiger partial charge in [0, 0.05) is 37.5 Å². The quantitative estimate of drug-likeness (QED) is 0.205. The third-order valence-electron chi connectivity index (χ3n) is 12.1. The van der Waals surface area contributed by atoms with Crippen molar-refractivity contribution < 1.29 is 53.1 Å². The number of benzene rings is 2. The molecule has 0 aromatic heterocycles. The van der Waals surface area contributed by atoms with Crippen molar-refractivity contribution >= 4 is 29.6 Å². The van der Waals surface area contributed by atoms with Gasteiger partial charge in [-0.2, -0.15) is 0 Å². The standard InChI is InChI=1S/C40H47NO11/c1-22-27-19-29(44)38(6)18-17-30-39(21-49-30,52-24(3)43)33(38)34(51-35(46)26-15-11-8-12-16-26)40(48,37(27,4)5)20-28(22)50-36(47)32(45)31(41-23(2)42)25-13-9-7-10-14-25/h7-16,28,30-34,45,48H,17-21H2,1-6H3,(H,41,42)/t28?,30-,31+,32-,33+,34+,38+,39+,40-/m1/s1. The number of fused-ring (bicyclic) bond motifs is 5. The topological polar surface area (TPSA) is 175 Å². The van der Waals surface area contributed by atoms with Crippen molar-refractivity contribution in [1.82, 2.24) is 5.32 Å². The number of ether oxygens (including phenoxy) is 4. The van der Waals surface area contributed by atoms with Crippen molar-refractivity contribution in [2.75, 3.05) is 6.61 Å². The number of hydrogen-bond acceptors (Lipinski definition) is 11. The van der Waals surface area contributed by atoms with Crippen LogP contribution in [0.3, 0.4) is 0 Å². The lowest BCUT2D eigenvalue weighted by atomic mass is 9.46. The summed E-state index contributed by atoms with van der Waals surface area (Å²) in [6.45, 7) is 9.47. The summed E-state index contributed by atoms with van der Waals surface area (Å²) in [6, 6.07) is 15.6. The van der Waals surface area contributed by atoms with Gasteiger partial charge < -0.3 is 34.5 Å². The van der Waals surface area contributed by atoms with Gasteiger partial charge in [0.1, 0.15) is 29.7 Å². The molecular formula is C40H47NO11. The highest BCUT2D eigenvalue weighted by Gasteiger charge is 2.75. The first-order valence-electron chi connectivity index (χ1n) is 17.7. The SMILES string of the molecule is CC(=O)N[C@@H](c1ccccc1)[C@@H](O)C(=O)OC1C[C@@]2(O)[C@@H](OC(=O)c3ccccc3)[C@@H]3[C@]4(OC(C)=O)CO[C@@H]4CC[C@@]3(C)C(=O)CC(=C1C)C2(C)C.